The molecule has 2 N–H and O–H groups in total. The molecule has 1 aromatic heterocycles. The van der Waals surface area contributed by atoms with Gasteiger partial charge in [-0.2, -0.15) is 0 Å². The molecule has 0 radical (unpaired) electrons. The summed E-state index contributed by atoms with van der Waals surface area (Å²) in [5, 5.41) is 14.6. The summed E-state index contributed by atoms with van der Waals surface area (Å²) in [4.78, 5) is 32.2. The minimum absolute atomic E-state index is 0.173. The van der Waals surface area contributed by atoms with E-state index in [-0.39, 0.29) is 11.3 Å². The Kier molecular flexibility index (Phi) is 11.0. The van der Waals surface area contributed by atoms with E-state index < -0.39 is 11.5 Å². The van der Waals surface area contributed by atoms with Crippen LogP contribution in [-0.2, 0) is 27.8 Å². The van der Waals surface area contributed by atoms with Crippen LogP contribution in [0.1, 0.15) is 113 Å². The third-order valence-electron chi connectivity index (χ3n) is 12.5. The maximum atomic E-state index is 13.0. The molecule has 1 spiro atoms. The van der Waals surface area contributed by atoms with Gasteiger partial charge in [0.15, 0.2) is 0 Å². The summed E-state index contributed by atoms with van der Waals surface area (Å²) >= 11 is 6.29. The van der Waals surface area contributed by atoms with Crippen LogP contribution >= 0.6 is 11.6 Å². The van der Waals surface area contributed by atoms with E-state index in [0.29, 0.717) is 61.7 Å². The van der Waals surface area contributed by atoms with Gasteiger partial charge in [0, 0.05) is 47.7 Å². The van der Waals surface area contributed by atoms with Crippen molar-refractivity contribution in [3.05, 3.63) is 82.1 Å². The number of aromatic nitrogens is 1. The number of benzene rings is 2. The zero-order chi connectivity index (χ0) is 36.3. The fraction of sp³-hybridized carbons (Fsp3) is 0.558. The Hall–Kier alpha value is -3.78. The fourth-order valence-electron chi connectivity index (χ4n) is 9.70. The average Bonchev–Trinajstić information content (AvgIpc) is 3.78. The highest BCUT2D eigenvalue weighted by molar-refractivity contribution is 6.30. The van der Waals surface area contributed by atoms with Crippen LogP contribution in [0.25, 0.3) is 0 Å². The van der Waals surface area contributed by atoms with Crippen molar-refractivity contribution < 1.29 is 24.2 Å². The van der Waals surface area contributed by atoms with Crippen LogP contribution < -0.4 is 14.8 Å². The van der Waals surface area contributed by atoms with Crippen molar-refractivity contribution in [3.8, 4) is 11.5 Å². The number of hydrogen-bond donors (Lipinski definition) is 2. The lowest BCUT2D eigenvalue weighted by Crippen LogP contribution is -2.53. The minimum atomic E-state index is -1.08. The van der Waals surface area contributed by atoms with Gasteiger partial charge in [0.1, 0.15) is 17.0 Å². The molecule has 3 atom stereocenters. The van der Waals surface area contributed by atoms with E-state index >= 15 is 0 Å². The lowest BCUT2D eigenvalue weighted by atomic mass is 9.59. The number of halogens is 1. The first-order chi connectivity index (χ1) is 25.2. The molecule has 3 aliphatic carbocycles. The second-order valence-corrected chi connectivity index (χ2v) is 16.5. The van der Waals surface area contributed by atoms with Gasteiger partial charge in [-0.3, -0.25) is 9.78 Å². The number of likely N-dealkylation sites (tertiary alicyclic amines) is 1. The first-order valence-corrected chi connectivity index (χ1v) is 20.0. The highest BCUT2D eigenvalue weighted by atomic mass is 35.5. The van der Waals surface area contributed by atoms with Gasteiger partial charge in [0.25, 0.3) is 0 Å². The van der Waals surface area contributed by atoms with Crippen LogP contribution in [-0.4, -0.2) is 58.7 Å². The number of carboxylic acid groups (broad SMARTS) is 1. The predicted molar refractivity (Wildman–Crippen MR) is 205 cm³/mol. The summed E-state index contributed by atoms with van der Waals surface area (Å²) in [6.07, 6.45) is 13.1. The number of carboxylic acids is 1. The van der Waals surface area contributed by atoms with E-state index in [1.807, 2.05) is 29.3 Å². The molecule has 278 valence electrons. The van der Waals surface area contributed by atoms with E-state index in [4.69, 9.17) is 21.1 Å². The number of pyridine rings is 1. The van der Waals surface area contributed by atoms with Crippen molar-refractivity contribution in [2.24, 2.45) is 11.8 Å². The summed E-state index contributed by atoms with van der Waals surface area (Å²) in [5.41, 5.74) is 4.57. The molecule has 2 fully saturated rings. The summed E-state index contributed by atoms with van der Waals surface area (Å²) in [6.45, 7) is 7.44. The van der Waals surface area contributed by atoms with E-state index in [1.54, 1.807) is 12.1 Å². The molecule has 52 heavy (non-hydrogen) atoms. The van der Waals surface area contributed by atoms with Crippen LogP contribution in [0.15, 0.2) is 54.7 Å². The van der Waals surface area contributed by atoms with Crippen LogP contribution in [0, 0.1) is 11.8 Å². The van der Waals surface area contributed by atoms with Gasteiger partial charge >= 0.3 is 5.97 Å². The molecule has 1 saturated heterocycles. The van der Waals surface area contributed by atoms with Gasteiger partial charge in [0.05, 0.1) is 13.2 Å². The maximum absolute atomic E-state index is 13.0. The topological polar surface area (TPSA) is 101 Å². The highest BCUT2D eigenvalue weighted by Crippen LogP contribution is 2.57. The van der Waals surface area contributed by atoms with Gasteiger partial charge in [0.2, 0.25) is 5.91 Å². The normalized spacial score (nSPS) is 25.7. The molecule has 2 heterocycles. The maximum Gasteiger partial charge on any atom is 0.329 e. The van der Waals surface area contributed by atoms with Crippen LogP contribution in [0.5, 0.6) is 11.5 Å². The molecule has 2 aromatic carbocycles. The molecule has 0 unspecified atom stereocenters. The van der Waals surface area contributed by atoms with E-state index in [0.717, 1.165) is 75.2 Å². The van der Waals surface area contributed by atoms with Gasteiger partial charge in [-0.15, -0.1) is 0 Å². The summed E-state index contributed by atoms with van der Waals surface area (Å²) in [6, 6.07) is 15.9. The molecular weight excluding hydrogens is 674 g/mol. The van der Waals surface area contributed by atoms with E-state index in [1.165, 1.54) is 35.2 Å². The molecule has 9 heteroatoms. The second kappa shape index (κ2) is 15.7. The van der Waals surface area contributed by atoms with Gasteiger partial charge in [-0.1, -0.05) is 37.6 Å². The number of fused-ring (bicyclic) bond motifs is 3. The third-order valence-corrected chi connectivity index (χ3v) is 12.8. The zero-order valence-electron chi connectivity index (χ0n) is 30.8. The Bertz CT molecular complexity index is 1750. The van der Waals surface area contributed by atoms with Crippen LogP contribution in [0.2, 0.25) is 5.02 Å². The largest absolute Gasteiger partial charge is 0.494 e. The summed E-state index contributed by atoms with van der Waals surface area (Å²) in [7, 11) is 0. The number of amides is 1. The highest BCUT2D eigenvalue weighted by Gasteiger charge is 2.54. The Morgan fingerprint density at radius 1 is 1.06 bits per heavy atom. The fourth-order valence-corrected chi connectivity index (χ4v) is 9.89. The summed E-state index contributed by atoms with van der Waals surface area (Å²) < 4.78 is 12.9. The van der Waals surface area contributed by atoms with Gasteiger partial charge < -0.3 is 24.8 Å². The van der Waals surface area contributed by atoms with Crippen molar-refractivity contribution in [1.82, 2.24) is 9.88 Å². The number of nitrogens with one attached hydrogen (secondary N) is 1. The quantitative estimate of drug-likeness (QED) is 0.170. The zero-order valence-corrected chi connectivity index (χ0v) is 31.6. The number of hydrogen-bond acceptors (Lipinski definition) is 6. The Morgan fingerprint density at radius 2 is 1.87 bits per heavy atom. The Balaban J connectivity index is 1.08. The SMILES string of the molecule is C[C@@H](COc1ccnc2c1[C@H](C)CCC2)C[C@H]1Cc2ccc(OCCCC(=O)N3CCCC3)cc2C12CCC(Nc1cccc(Cl)c1)(C(=O)O)CC2. The lowest BCUT2D eigenvalue weighted by molar-refractivity contribution is -0.144. The molecule has 1 aliphatic heterocycles. The molecule has 1 amide bonds. The molecule has 8 nitrogen and oxygen atoms in total. The van der Waals surface area contributed by atoms with Crippen molar-refractivity contribution >= 4 is 29.2 Å². The minimum Gasteiger partial charge on any atom is -0.494 e. The number of rotatable bonds is 13. The van der Waals surface area contributed by atoms with E-state index in [2.05, 4.69) is 42.3 Å². The number of ether oxygens (including phenoxy) is 2. The van der Waals surface area contributed by atoms with Gasteiger partial charge in [-0.25, -0.2) is 4.79 Å². The first-order valence-electron chi connectivity index (χ1n) is 19.6. The molecule has 1 saturated carbocycles. The Labute approximate surface area is 313 Å². The number of carbonyl (C=O) groups is 2. The van der Waals surface area contributed by atoms with E-state index in [9.17, 15) is 14.7 Å². The molecule has 3 aromatic rings. The third kappa shape index (κ3) is 7.64. The molecule has 0 bridgehead atoms. The monoisotopic (exact) mass is 727 g/mol. The number of anilines is 1. The van der Waals surface area contributed by atoms with Crippen molar-refractivity contribution in [3.63, 3.8) is 0 Å². The number of aryl methyl sites for hydroxylation is 1. The van der Waals surface area contributed by atoms with Gasteiger partial charge in [-0.05, 0) is 148 Å². The Morgan fingerprint density at radius 3 is 2.63 bits per heavy atom. The molecular formula is C43H54ClN3O5. The first kappa shape index (κ1) is 36.6. The standard InChI is InChI=1S/C43H54ClN3O5/c1-29(28-52-38-15-20-45-37-11-5-8-30(2)40(37)38)24-32-25-31-13-14-35(51-23-7-12-39(48)47-21-3-4-22-47)27-36(31)42(32)16-18-43(19-17-42,41(49)50)46-34-10-6-9-33(44)26-34/h6,9-10,13-15,20,26-27,29-30,32,46H,3-5,7-8,11-12,16-19,21-25,28H2,1-2H3,(H,49,50)/t29-,30-,32+,42?,43?/m1/s1. The average molecular weight is 728 g/mol. The van der Waals surface area contributed by atoms with Crippen molar-refractivity contribution in [2.45, 2.75) is 114 Å². The molecule has 4 aliphatic rings. The smallest absolute Gasteiger partial charge is 0.329 e. The number of nitrogens with zero attached hydrogens (tertiary/aromatic N) is 2. The number of carbonyl (C=O) groups excluding carboxylic acids is 1. The number of aliphatic carboxylic acids is 1. The van der Waals surface area contributed by atoms with Crippen molar-refractivity contribution in [2.75, 3.05) is 31.6 Å². The predicted octanol–water partition coefficient (Wildman–Crippen LogP) is 8.98. The van der Waals surface area contributed by atoms with Crippen LogP contribution in [0.4, 0.5) is 5.69 Å². The second-order valence-electron chi connectivity index (χ2n) is 16.1. The summed E-state index contributed by atoms with van der Waals surface area (Å²) in [5.74, 6) is 2.31. The van der Waals surface area contributed by atoms with Crippen LogP contribution in [0.3, 0.4) is 0 Å². The molecule has 7 rings (SSSR count). The van der Waals surface area contributed by atoms with Crippen molar-refractivity contribution in [1.29, 1.82) is 0 Å². The lowest BCUT2D eigenvalue weighted by Gasteiger charge is -2.47.